The van der Waals surface area contributed by atoms with Gasteiger partial charge in [0.15, 0.2) is 11.5 Å². The zero-order chi connectivity index (χ0) is 21.5. The van der Waals surface area contributed by atoms with E-state index < -0.39 is 6.10 Å². The Kier molecular flexibility index (Phi) is 9.85. The van der Waals surface area contributed by atoms with E-state index in [9.17, 15) is 5.11 Å². The highest BCUT2D eigenvalue weighted by atomic mass is 79.9. The maximum atomic E-state index is 10.5. The third kappa shape index (κ3) is 6.97. The number of aryl methyl sites for hydroxylation is 1. The Morgan fingerprint density at radius 1 is 1.00 bits per heavy atom. The quantitative estimate of drug-likeness (QED) is 0.375. The monoisotopic (exact) mass is 505 g/mol. The number of methoxy groups -OCH3 is 1. The van der Waals surface area contributed by atoms with Gasteiger partial charge < -0.3 is 19.9 Å². The van der Waals surface area contributed by atoms with E-state index in [1.807, 2.05) is 49.4 Å². The van der Waals surface area contributed by atoms with Crippen LogP contribution >= 0.6 is 28.3 Å². The largest absolute Gasteiger partial charge is 0.493 e. The van der Waals surface area contributed by atoms with Gasteiger partial charge in [-0.05, 0) is 58.6 Å². The number of nitrogens with one attached hydrogen (secondary N) is 1. The molecule has 0 spiro atoms. The van der Waals surface area contributed by atoms with Gasteiger partial charge in [0, 0.05) is 12.6 Å². The Bertz CT molecular complexity index is 951. The molecule has 6 heteroatoms. The SMILES string of the molecule is COc1cc(CNC(C)C(O)c2ccccc2)cc(Br)c1OCc1ccc(C)cc1.Cl. The van der Waals surface area contributed by atoms with E-state index in [1.165, 1.54) is 5.56 Å². The van der Waals surface area contributed by atoms with Crippen LogP contribution in [0.25, 0.3) is 0 Å². The molecule has 0 amide bonds. The Morgan fingerprint density at radius 2 is 1.68 bits per heavy atom. The summed E-state index contributed by atoms with van der Waals surface area (Å²) in [5.74, 6) is 1.35. The van der Waals surface area contributed by atoms with Gasteiger partial charge in [0.05, 0.1) is 17.7 Å². The van der Waals surface area contributed by atoms with Crippen LogP contribution in [0, 0.1) is 6.92 Å². The standard InChI is InChI=1S/C25H28BrNO3.ClH/c1-17-9-11-19(12-10-17)16-30-25-22(26)13-20(14-23(25)29-3)15-27-18(2)24(28)21-7-5-4-6-8-21;/h4-14,18,24,27-28H,15-16H2,1-3H3;1H. The molecule has 2 atom stereocenters. The van der Waals surface area contributed by atoms with Crippen molar-refractivity contribution in [1.29, 1.82) is 0 Å². The molecule has 2 N–H and O–H groups in total. The molecule has 3 rings (SSSR count). The number of benzene rings is 3. The van der Waals surface area contributed by atoms with Crippen molar-refractivity contribution in [1.82, 2.24) is 5.32 Å². The van der Waals surface area contributed by atoms with E-state index in [1.54, 1.807) is 7.11 Å². The summed E-state index contributed by atoms with van der Waals surface area (Å²) in [4.78, 5) is 0. The van der Waals surface area contributed by atoms with Crippen LogP contribution in [0.15, 0.2) is 71.2 Å². The van der Waals surface area contributed by atoms with Gasteiger partial charge in [0.1, 0.15) is 6.61 Å². The number of ether oxygens (including phenoxy) is 2. The van der Waals surface area contributed by atoms with Gasteiger partial charge in [-0.3, -0.25) is 0 Å². The van der Waals surface area contributed by atoms with Crippen LogP contribution in [-0.4, -0.2) is 18.3 Å². The Hall–Kier alpha value is -2.05. The molecule has 2 unspecified atom stereocenters. The summed E-state index contributed by atoms with van der Waals surface area (Å²) in [6.07, 6.45) is -0.575. The van der Waals surface area contributed by atoms with E-state index in [0.29, 0.717) is 24.7 Å². The molecule has 3 aromatic rings. The lowest BCUT2D eigenvalue weighted by atomic mass is 10.0. The van der Waals surface area contributed by atoms with Crippen molar-refractivity contribution >= 4 is 28.3 Å². The first-order valence-electron chi connectivity index (χ1n) is 9.99. The molecular weight excluding hydrogens is 478 g/mol. The Balaban J connectivity index is 0.00000341. The minimum atomic E-state index is -0.575. The minimum Gasteiger partial charge on any atom is -0.493 e. The topological polar surface area (TPSA) is 50.7 Å². The molecule has 0 saturated carbocycles. The fourth-order valence-corrected chi connectivity index (χ4v) is 3.79. The second-order valence-corrected chi connectivity index (χ2v) is 8.26. The minimum absolute atomic E-state index is 0. The maximum absolute atomic E-state index is 10.5. The summed E-state index contributed by atoms with van der Waals surface area (Å²) < 4.78 is 12.4. The summed E-state index contributed by atoms with van der Waals surface area (Å²) >= 11 is 3.61. The van der Waals surface area contributed by atoms with E-state index in [-0.39, 0.29) is 18.4 Å². The maximum Gasteiger partial charge on any atom is 0.175 e. The molecule has 0 radical (unpaired) electrons. The van der Waals surface area contributed by atoms with Crippen LogP contribution < -0.4 is 14.8 Å². The number of aliphatic hydroxyl groups excluding tert-OH is 1. The van der Waals surface area contributed by atoms with Crippen LogP contribution in [-0.2, 0) is 13.2 Å². The van der Waals surface area contributed by atoms with E-state index >= 15 is 0 Å². The molecule has 0 bridgehead atoms. The normalized spacial score (nSPS) is 12.5. The molecule has 0 heterocycles. The molecule has 0 aromatic heterocycles. The average Bonchev–Trinajstić information content (AvgIpc) is 2.77. The van der Waals surface area contributed by atoms with E-state index in [2.05, 4.69) is 52.4 Å². The van der Waals surface area contributed by atoms with Gasteiger partial charge in [-0.25, -0.2) is 0 Å². The van der Waals surface area contributed by atoms with Crippen LogP contribution in [0.5, 0.6) is 11.5 Å². The first-order chi connectivity index (χ1) is 14.5. The predicted molar refractivity (Wildman–Crippen MR) is 131 cm³/mol. The summed E-state index contributed by atoms with van der Waals surface area (Å²) in [5.41, 5.74) is 4.26. The fraction of sp³-hybridized carbons (Fsp3) is 0.280. The van der Waals surface area contributed by atoms with Crippen molar-refractivity contribution in [3.63, 3.8) is 0 Å². The lowest BCUT2D eigenvalue weighted by molar-refractivity contribution is 0.135. The molecular formula is C25H29BrClNO3. The fourth-order valence-electron chi connectivity index (χ4n) is 3.18. The third-order valence-corrected chi connectivity index (χ3v) is 5.62. The van der Waals surface area contributed by atoms with E-state index in [0.717, 1.165) is 21.2 Å². The molecule has 4 nitrogen and oxygen atoms in total. The molecule has 166 valence electrons. The summed E-state index contributed by atoms with van der Waals surface area (Å²) in [7, 11) is 1.64. The number of rotatable bonds is 9. The van der Waals surface area contributed by atoms with Gasteiger partial charge in [-0.15, -0.1) is 12.4 Å². The number of hydrogen-bond acceptors (Lipinski definition) is 4. The average molecular weight is 507 g/mol. The third-order valence-electron chi connectivity index (χ3n) is 5.04. The highest BCUT2D eigenvalue weighted by Crippen LogP contribution is 2.37. The van der Waals surface area contributed by atoms with Crippen molar-refractivity contribution in [2.75, 3.05) is 7.11 Å². The zero-order valence-electron chi connectivity index (χ0n) is 18.0. The second kappa shape index (κ2) is 12.1. The second-order valence-electron chi connectivity index (χ2n) is 7.41. The van der Waals surface area contributed by atoms with Gasteiger partial charge in [0.2, 0.25) is 0 Å². The van der Waals surface area contributed by atoms with Gasteiger partial charge in [-0.2, -0.15) is 0 Å². The first-order valence-corrected chi connectivity index (χ1v) is 10.8. The van der Waals surface area contributed by atoms with Crippen molar-refractivity contribution in [2.24, 2.45) is 0 Å². The van der Waals surface area contributed by atoms with Crippen LogP contribution in [0.4, 0.5) is 0 Å². The van der Waals surface area contributed by atoms with E-state index in [4.69, 9.17) is 9.47 Å². The summed E-state index contributed by atoms with van der Waals surface area (Å²) in [5, 5.41) is 13.9. The van der Waals surface area contributed by atoms with Gasteiger partial charge >= 0.3 is 0 Å². The molecule has 0 fully saturated rings. The highest BCUT2D eigenvalue weighted by Gasteiger charge is 2.17. The number of halogens is 2. The zero-order valence-corrected chi connectivity index (χ0v) is 20.4. The molecule has 0 aliphatic carbocycles. The summed E-state index contributed by atoms with van der Waals surface area (Å²) in [6.45, 7) is 5.10. The Labute approximate surface area is 199 Å². The van der Waals surface area contributed by atoms with Crippen LogP contribution in [0.3, 0.4) is 0 Å². The predicted octanol–water partition coefficient (Wildman–Crippen LogP) is 5.98. The molecule has 0 aliphatic rings. The van der Waals surface area contributed by atoms with Crippen molar-refractivity contribution in [3.05, 3.63) is 93.5 Å². The number of aliphatic hydroxyl groups is 1. The molecule has 3 aromatic carbocycles. The van der Waals surface area contributed by atoms with Gasteiger partial charge in [0.25, 0.3) is 0 Å². The molecule has 0 saturated heterocycles. The van der Waals surface area contributed by atoms with Crippen LogP contribution in [0.1, 0.15) is 35.3 Å². The van der Waals surface area contributed by atoms with Crippen molar-refractivity contribution in [3.8, 4) is 11.5 Å². The Morgan fingerprint density at radius 3 is 2.32 bits per heavy atom. The lowest BCUT2D eigenvalue weighted by Gasteiger charge is -2.21. The summed E-state index contributed by atoms with van der Waals surface area (Å²) in [6, 6.07) is 21.8. The lowest BCUT2D eigenvalue weighted by Crippen LogP contribution is -2.31. The van der Waals surface area contributed by atoms with Crippen molar-refractivity contribution in [2.45, 2.75) is 39.1 Å². The van der Waals surface area contributed by atoms with Crippen molar-refractivity contribution < 1.29 is 14.6 Å². The first kappa shape index (κ1) is 25.2. The smallest absolute Gasteiger partial charge is 0.175 e. The molecule has 31 heavy (non-hydrogen) atoms. The number of hydrogen-bond donors (Lipinski definition) is 2. The van der Waals surface area contributed by atoms with Crippen LogP contribution in [0.2, 0.25) is 0 Å². The van der Waals surface area contributed by atoms with Gasteiger partial charge in [-0.1, -0.05) is 60.2 Å². The highest BCUT2D eigenvalue weighted by molar-refractivity contribution is 9.10. The molecule has 0 aliphatic heterocycles.